The molecule has 1 unspecified atom stereocenters. The molecule has 0 aromatic carbocycles. The van der Waals surface area contributed by atoms with Gasteiger partial charge in [0.2, 0.25) is 0 Å². The zero-order valence-corrected chi connectivity index (χ0v) is 10.1. The molecule has 2 rings (SSSR count). The highest BCUT2D eigenvalue weighted by Gasteiger charge is 2.13. The summed E-state index contributed by atoms with van der Waals surface area (Å²) in [6.07, 6.45) is 3.95. The van der Waals surface area contributed by atoms with E-state index in [1.54, 1.807) is 0 Å². The number of likely N-dealkylation sites (N-methyl/N-ethyl adjacent to an activating group) is 1. The SMILES string of the molecule is C1CCNC1.CC.CN1CCC(N)C1. The van der Waals surface area contributed by atoms with Crippen LogP contribution < -0.4 is 11.1 Å². The van der Waals surface area contributed by atoms with Crippen molar-refractivity contribution in [1.29, 1.82) is 0 Å². The van der Waals surface area contributed by atoms with Gasteiger partial charge in [-0.15, -0.1) is 0 Å². The number of likely N-dealkylation sites (tertiary alicyclic amines) is 1. The maximum atomic E-state index is 5.58. The average Bonchev–Trinajstić information content (AvgIpc) is 2.84. The molecule has 2 aliphatic heterocycles. The van der Waals surface area contributed by atoms with E-state index in [0.717, 1.165) is 6.54 Å². The second-order valence-corrected chi connectivity index (χ2v) is 3.77. The number of nitrogens with two attached hydrogens (primary N) is 1. The molecule has 1 atom stereocenters. The summed E-state index contributed by atoms with van der Waals surface area (Å²) >= 11 is 0. The van der Waals surface area contributed by atoms with E-state index in [9.17, 15) is 0 Å². The largest absolute Gasteiger partial charge is 0.326 e. The van der Waals surface area contributed by atoms with E-state index in [-0.39, 0.29) is 0 Å². The summed E-state index contributed by atoms with van der Waals surface area (Å²) in [6.45, 7) is 8.77. The van der Waals surface area contributed by atoms with Crippen LogP contribution in [-0.4, -0.2) is 44.2 Å². The van der Waals surface area contributed by atoms with Crippen molar-refractivity contribution in [2.45, 2.75) is 39.2 Å². The standard InChI is InChI=1S/C5H12N2.C4H9N.C2H6/c1-7-3-2-5(6)4-7;1-2-4-5-3-1;1-2/h5H,2-4,6H2,1H3;5H,1-4H2;1-2H3. The minimum absolute atomic E-state index is 0.449. The van der Waals surface area contributed by atoms with Crippen LogP contribution >= 0.6 is 0 Å². The van der Waals surface area contributed by atoms with Crippen LogP contribution in [0.1, 0.15) is 33.1 Å². The molecule has 0 spiro atoms. The first-order valence-corrected chi connectivity index (χ1v) is 5.94. The zero-order valence-electron chi connectivity index (χ0n) is 10.1. The van der Waals surface area contributed by atoms with Gasteiger partial charge in [-0.3, -0.25) is 0 Å². The fourth-order valence-corrected chi connectivity index (χ4v) is 1.59. The van der Waals surface area contributed by atoms with Crippen molar-refractivity contribution in [1.82, 2.24) is 10.2 Å². The molecule has 86 valence electrons. The Morgan fingerprint density at radius 3 is 1.93 bits per heavy atom. The third-order valence-electron chi connectivity index (χ3n) is 2.38. The predicted octanol–water partition coefficient (Wildman–Crippen LogP) is 1.05. The zero-order chi connectivity index (χ0) is 10.8. The molecule has 0 saturated carbocycles. The maximum absolute atomic E-state index is 5.58. The van der Waals surface area contributed by atoms with Crippen LogP contribution in [0.5, 0.6) is 0 Å². The van der Waals surface area contributed by atoms with Crippen molar-refractivity contribution >= 4 is 0 Å². The summed E-state index contributed by atoms with van der Waals surface area (Å²) in [6, 6.07) is 0.449. The first-order valence-electron chi connectivity index (χ1n) is 5.94. The Labute approximate surface area is 89.0 Å². The molecule has 0 aromatic rings. The number of rotatable bonds is 0. The summed E-state index contributed by atoms with van der Waals surface area (Å²) < 4.78 is 0. The number of nitrogens with one attached hydrogen (secondary N) is 1. The molecule has 2 heterocycles. The highest BCUT2D eigenvalue weighted by Crippen LogP contribution is 2.01. The molecule has 0 bridgehead atoms. The van der Waals surface area contributed by atoms with Crippen LogP contribution in [0.4, 0.5) is 0 Å². The lowest BCUT2D eigenvalue weighted by Gasteiger charge is -2.03. The molecule has 3 nitrogen and oxygen atoms in total. The normalized spacial score (nSPS) is 26.1. The number of hydrogen-bond donors (Lipinski definition) is 2. The molecule has 2 fully saturated rings. The van der Waals surface area contributed by atoms with Gasteiger partial charge in [0.1, 0.15) is 0 Å². The second kappa shape index (κ2) is 9.44. The van der Waals surface area contributed by atoms with Crippen LogP contribution in [0, 0.1) is 0 Å². The first kappa shape index (κ1) is 13.9. The van der Waals surface area contributed by atoms with Crippen molar-refractivity contribution < 1.29 is 0 Å². The van der Waals surface area contributed by atoms with Crippen LogP contribution in [-0.2, 0) is 0 Å². The molecular formula is C11H27N3. The molecule has 0 amide bonds. The van der Waals surface area contributed by atoms with Gasteiger partial charge in [-0.2, -0.15) is 0 Å². The Kier molecular flexibility index (Phi) is 9.35. The molecule has 0 aromatic heterocycles. The summed E-state index contributed by atoms with van der Waals surface area (Å²) in [4.78, 5) is 2.25. The Balaban J connectivity index is 0.000000213. The third-order valence-corrected chi connectivity index (χ3v) is 2.38. The van der Waals surface area contributed by atoms with Gasteiger partial charge in [0.05, 0.1) is 0 Å². The van der Waals surface area contributed by atoms with Gasteiger partial charge in [-0.1, -0.05) is 13.8 Å². The number of hydrogen-bond acceptors (Lipinski definition) is 3. The van der Waals surface area contributed by atoms with Gasteiger partial charge in [0.15, 0.2) is 0 Å². The fourth-order valence-electron chi connectivity index (χ4n) is 1.59. The van der Waals surface area contributed by atoms with E-state index in [1.165, 1.54) is 38.9 Å². The molecule has 0 radical (unpaired) electrons. The minimum atomic E-state index is 0.449. The van der Waals surface area contributed by atoms with Gasteiger partial charge in [0.25, 0.3) is 0 Å². The van der Waals surface area contributed by atoms with Crippen molar-refractivity contribution in [3.05, 3.63) is 0 Å². The van der Waals surface area contributed by atoms with Gasteiger partial charge in [0, 0.05) is 12.6 Å². The van der Waals surface area contributed by atoms with Crippen LogP contribution in [0.25, 0.3) is 0 Å². The summed E-state index contributed by atoms with van der Waals surface area (Å²) in [5, 5.41) is 3.22. The highest BCUT2D eigenvalue weighted by atomic mass is 15.1. The second-order valence-electron chi connectivity index (χ2n) is 3.77. The summed E-state index contributed by atoms with van der Waals surface area (Å²) in [5.41, 5.74) is 5.58. The molecule has 3 heteroatoms. The highest BCUT2D eigenvalue weighted by molar-refractivity contribution is 4.74. The Morgan fingerprint density at radius 2 is 1.79 bits per heavy atom. The van der Waals surface area contributed by atoms with Crippen molar-refractivity contribution in [3.8, 4) is 0 Å². The van der Waals surface area contributed by atoms with Crippen LogP contribution in [0.3, 0.4) is 0 Å². The minimum Gasteiger partial charge on any atom is -0.326 e. The Hall–Kier alpha value is -0.120. The summed E-state index contributed by atoms with van der Waals surface area (Å²) in [5.74, 6) is 0. The van der Waals surface area contributed by atoms with Crippen LogP contribution in [0.15, 0.2) is 0 Å². The molecule has 3 N–H and O–H groups in total. The lowest BCUT2D eigenvalue weighted by Crippen LogP contribution is -2.23. The van der Waals surface area contributed by atoms with E-state index in [2.05, 4.69) is 17.3 Å². The molecular weight excluding hydrogens is 174 g/mol. The van der Waals surface area contributed by atoms with Crippen molar-refractivity contribution in [2.75, 3.05) is 33.2 Å². The fraction of sp³-hybridized carbons (Fsp3) is 1.00. The summed E-state index contributed by atoms with van der Waals surface area (Å²) in [7, 11) is 2.10. The van der Waals surface area contributed by atoms with Gasteiger partial charge < -0.3 is 16.0 Å². The monoisotopic (exact) mass is 201 g/mol. The van der Waals surface area contributed by atoms with Crippen molar-refractivity contribution in [3.63, 3.8) is 0 Å². The van der Waals surface area contributed by atoms with E-state index in [4.69, 9.17) is 5.73 Å². The molecule has 2 aliphatic rings. The van der Waals surface area contributed by atoms with Gasteiger partial charge >= 0.3 is 0 Å². The lowest BCUT2D eigenvalue weighted by atomic mass is 10.3. The van der Waals surface area contributed by atoms with Crippen LogP contribution in [0.2, 0.25) is 0 Å². The van der Waals surface area contributed by atoms with E-state index >= 15 is 0 Å². The smallest absolute Gasteiger partial charge is 0.0179 e. The van der Waals surface area contributed by atoms with Gasteiger partial charge in [-0.25, -0.2) is 0 Å². The first-order chi connectivity index (χ1) is 6.79. The predicted molar refractivity (Wildman–Crippen MR) is 63.5 cm³/mol. The Bertz CT molecular complexity index is 97.5. The molecule has 2 saturated heterocycles. The lowest BCUT2D eigenvalue weighted by molar-refractivity contribution is 0.411. The Morgan fingerprint density at radius 1 is 1.21 bits per heavy atom. The topological polar surface area (TPSA) is 41.3 Å². The third kappa shape index (κ3) is 7.30. The average molecular weight is 201 g/mol. The van der Waals surface area contributed by atoms with E-state index < -0.39 is 0 Å². The molecule has 0 aliphatic carbocycles. The van der Waals surface area contributed by atoms with E-state index in [0.29, 0.717) is 6.04 Å². The van der Waals surface area contributed by atoms with E-state index in [1.807, 2.05) is 13.8 Å². The number of nitrogens with zero attached hydrogens (tertiary/aromatic N) is 1. The maximum Gasteiger partial charge on any atom is 0.0179 e. The van der Waals surface area contributed by atoms with Gasteiger partial charge in [-0.05, 0) is 45.9 Å². The quantitative estimate of drug-likeness (QED) is 0.615. The molecule has 14 heavy (non-hydrogen) atoms. The van der Waals surface area contributed by atoms with Crippen molar-refractivity contribution in [2.24, 2.45) is 5.73 Å².